The van der Waals surface area contributed by atoms with Crippen molar-refractivity contribution in [3.05, 3.63) is 35.4 Å². The van der Waals surface area contributed by atoms with Crippen molar-refractivity contribution in [1.29, 1.82) is 0 Å². The second-order valence-corrected chi connectivity index (χ2v) is 7.73. The molecule has 3 N–H and O–H groups in total. The fraction of sp³-hybridized carbons (Fsp3) is 0.278. The predicted molar refractivity (Wildman–Crippen MR) is 106 cm³/mol. The smallest absolute Gasteiger partial charge is 0.189 e. The third kappa shape index (κ3) is 3.55. The SMILES string of the molecule is OCCCCCn1c(-c2ccc(O)cc2Cl)cc2sc(-c3nnn[nH]3)cc21. The number of tetrazole rings is 1. The van der Waals surface area contributed by atoms with E-state index in [0.29, 0.717) is 10.8 Å². The number of rotatable bonds is 7. The van der Waals surface area contributed by atoms with Crippen molar-refractivity contribution < 1.29 is 10.2 Å². The maximum atomic E-state index is 9.66. The Bertz CT molecular complexity index is 1060. The molecule has 0 aliphatic heterocycles. The Morgan fingerprint density at radius 2 is 2.04 bits per heavy atom. The van der Waals surface area contributed by atoms with E-state index in [2.05, 4.69) is 37.3 Å². The van der Waals surface area contributed by atoms with Crippen LogP contribution in [0.3, 0.4) is 0 Å². The van der Waals surface area contributed by atoms with Crippen LogP contribution in [0.2, 0.25) is 5.02 Å². The molecule has 7 nitrogen and oxygen atoms in total. The number of aromatic amines is 1. The van der Waals surface area contributed by atoms with Crippen LogP contribution in [-0.4, -0.2) is 42.0 Å². The Labute approximate surface area is 164 Å². The number of nitrogens with one attached hydrogen (secondary N) is 1. The van der Waals surface area contributed by atoms with Crippen LogP contribution in [0.25, 0.3) is 32.2 Å². The van der Waals surface area contributed by atoms with Gasteiger partial charge in [-0.25, -0.2) is 5.10 Å². The van der Waals surface area contributed by atoms with Crippen LogP contribution >= 0.6 is 22.9 Å². The standard InChI is InChI=1S/C18H18ClN5O2S/c19-13-8-11(26)4-5-12(13)14-9-16-15(24(14)6-2-1-3-7-25)10-17(27-16)18-20-22-23-21-18/h4-5,8-10,25-26H,1-3,6-7H2,(H,20,21,22,23). The highest BCUT2D eigenvalue weighted by Crippen LogP contribution is 2.39. The number of H-pyrrole nitrogens is 1. The molecule has 4 rings (SSSR count). The molecule has 0 spiro atoms. The minimum Gasteiger partial charge on any atom is -0.508 e. The van der Waals surface area contributed by atoms with E-state index in [1.807, 2.05) is 6.07 Å². The summed E-state index contributed by atoms with van der Waals surface area (Å²) >= 11 is 8.00. The summed E-state index contributed by atoms with van der Waals surface area (Å²) in [5, 5.41) is 33.3. The Morgan fingerprint density at radius 1 is 1.15 bits per heavy atom. The van der Waals surface area contributed by atoms with E-state index in [1.54, 1.807) is 23.5 Å². The maximum absolute atomic E-state index is 9.66. The second kappa shape index (κ2) is 7.67. The summed E-state index contributed by atoms with van der Waals surface area (Å²) in [6.45, 7) is 1.01. The van der Waals surface area contributed by atoms with Gasteiger partial charge in [0.15, 0.2) is 5.82 Å². The van der Waals surface area contributed by atoms with Gasteiger partial charge in [-0.15, -0.1) is 16.4 Å². The molecule has 0 radical (unpaired) electrons. The summed E-state index contributed by atoms with van der Waals surface area (Å²) in [6.07, 6.45) is 2.68. The van der Waals surface area contributed by atoms with Gasteiger partial charge >= 0.3 is 0 Å². The predicted octanol–water partition coefficient (Wildman–Crippen LogP) is 4.07. The number of aliphatic hydroxyl groups is 1. The van der Waals surface area contributed by atoms with Crippen LogP contribution in [0, 0.1) is 0 Å². The highest BCUT2D eigenvalue weighted by atomic mass is 35.5. The molecule has 0 atom stereocenters. The Kier molecular flexibility index (Phi) is 5.11. The highest BCUT2D eigenvalue weighted by molar-refractivity contribution is 7.22. The van der Waals surface area contributed by atoms with Gasteiger partial charge < -0.3 is 14.8 Å². The molecular formula is C18H18ClN5O2S. The normalized spacial score (nSPS) is 11.5. The quantitative estimate of drug-likeness (QED) is 0.404. The van der Waals surface area contributed by atoms with Crippen molar-refractivity contribution in [2.75, 3.05) is 6.61 Å². The third-order valence-corrected chi connectivity index (χ3v) is 5.83. The van der Waals surface area contributed by atoms with Gasteiger partial charge in [-0.05, 0) is 60.0 Å². The molecule has 0 amide bonds. The van der Waals surface area contributed by atoms with Crippen molar-refractivity contribution in [3.63, 3.8) is 0 Å². The number of aromatic hydroxyl groups is 1. The number of fused-ring (bicyclic) bond motifs is 1. The lowest BCUT2D eigenvalue weighted by atomic mass is 10.1. The largest absolute Gasteiger partial charge is 0.508 e. The number of hydrogen-bond donors (Lipinski definition) is 3. The number of phenols is 1. The molecule has 1 aromatic carbocycles. The Morgan fingerprint density at radius 3 is 2.78 bits per heavy atom. The first-order chi connectivity index (χ1) is 13.2. The van der Waals surface area contributed by atoms with Crippen molar-refractivity contribution in [2.45, 2.75) is 25.8 Å². The van der Waals surface area contributed by atoms with Crippen LogP contribution in [-0.2, 0) is 6.54 Å². The van der Waals surface area contributed by atoms with Crippen molar-refractivity contribution in [3.8, 4) is 27.7 Å². The summed E-state index contributed by atoms with van der Waals surface area (Å²) in [5.74, 6) is 0.791. The molecule has 0 aliphatic rings. The molecular weight excluding hydrogens is 386 g/mol. The lowest BCUT2D eigenvalue weighted by molar-refractivity contribution is 0.282. The summed E-state index contributed by atoms with van der Waals surface area (Å²) in [6, 6.07) is 9.22. The topological polar surface area (TPSA) is 99.8 Å². The monoisotopic (exact) mass is 403 g/mol. The summed E-state index contributed by atoms with van der Waals surface area (Å²) < 4.78 is 3.34. The average Bonchev–Trinajstić information content (AvgIpc) is 3.35. The molecule has 0 bridgehead atoms. The number of thiophene rings is 1. The number of aromatic nitrogens is 5. The molecule has 27 heavy (non-hydrogen) atoms. The number of phenolic OH excluding ortho intramolecular Hbond substituents is 1. The van der Waals surface area contributed by atoms with Gasteiger partial charge in [-0.1, -0.05) is 11.6 Å². The molecule has 3 heterocycles. The van der Waals surface area contributed by atoms with E-state index in [1.165, 1.54) is 0 Å². The van der Waals surface area contributed by atoms with Crippen molar-refractivity contribution in [1.82, 2.24) is 25.2 Å². The summed E-state index contributed by atoms with van der Waals surface area (Å²) in [5.41, 5.74) is 2.98. The number of halogens is 1. The molecule has 3 aromatic heterocycles. The minimum absolute atomic E-state index is 0.145. The zero-order valence-electron chi connectivity index (χ0n) is 14.4. The van der Waals surface area contributed by atoms with Crippen LogP contribution in [0.1, 0.15) is 19.3 Å². The van der Waals surface area contributed by atoms with Gasteiger partial charge in [-0.2, -0.15) is 0 Å². The fourth-order valence-electron chi connectivity index (χ4n) is 3.16. The molecule has 0 aliphatic carbocycles. The van der Waals surface area contributed by atoms with Crippen LogP contribution < -0.4 is 0 Å². The van der Waals surface area contributed by atoms with Crippen LogP contribution in [0.5, 0.6) is 5.75 Å². The van der Waals surface area contributed by atoms with Crippen molar-refractivity contribution in [2.24, 2.45) is 0 Å². The van der Waals surface area contributed by atoms with Gasteiger partial charge in [0.2, 0.25) is 0 Å². The first kappa shape index (κ1) is 18.0. The van der Waals surface area contributed by atoms with Crippen molar-refractivity contribution >= 4 is 33.2 Å². The second-order valence-electron chi connectivity index (χ2n) is 6.24. The van der Waals surface area contributed by atoms with Crippen LogP contribution in [0.4, 0.5) is 0 Å². The van der Waals surface area contributed by atoms with Gasteiger partial charge in [-0.3, -0.25) is 0 Å². The van der Waals surface area contributed by atoms with Gasteiger partial charge in [0.25, 0.3) is 0 Å². The number of nitrogens with zero attached hydrogens (tertiary/aromatic N) is 4. The number of hydrogen-bond acceptors (Lipinski definition) is 6. The summed E-state index contributed by atoms with van der Waals surface area (Å²) in [4.78, 5) is 0.970. The lowest BCUT2D eigenvalue weighted by Crippen LogP contribution is -2.01. The van der Waals surface area contributed by atoms with Crippen LogP contribution in [0.15, 0.2) is 30.3 Å². The van der Waals surface area contributed by atoms with Gasteiger partial charge in [0.05, 0.1) is 25.8 Å². The summed E-state index contributed by atoms with van der Waals surface area (Å²) in [7, 11) is 0. The minimum atomic E-state index is 0.145. The highest BCUT2D eigenvalue weighted by Gasteiger charge is 2.17. The first-order valence-electron chi connectivity index (χ1n) is 8.64. The Hall–Kier alpha value is -2.42. The van der Waals surface area contributed by atoms with E-state index in [-0.39, 0.29) is 12.4 Å². The van der Waals surface area contributed by atoms with E-state index in [9.17, 15) is 5.11 Å². The number of unbranched alkanes of at least 4 members (excludes halogenated alkanes) is 2. The molecule has 140 valence electrons. The molecule has 0 saturated carbocycles. The van der Waals surface area contributed by atoms with E-state index in [4.69, 9.17) is 16.7 Å². The van der Waals surface area contributed by atoms with Gasteiger partial charge in [0, 0.05) is 18.7 Å². The third-order valence-electron chi connectivity index (χ3n) is 4.44. The fourth-order valence-corrected chi connectivity index (χ4v) is 4.46. The molecule has 9 heteroatoms. The zero-order chi connectivity index (χ0) is 18.8. The average molecular weight is 404 g/mol. The Balaban J connectivity index is 1.78. The lowest BCUT2D eigenvalue weighted by Gasteiger charge is -2.12. The molecule has 0 unspecified atom stereocenters. The number of aliphatic hydroxyl groups excluding tert-OH is 1. The first-order valence-corrected chi connectivity index (χ1v) is 9.83. The molecule has 0 fully saturated rings. The van der Waals surface area contributed by atoms with E-state index >= 15 is 0 Å². The number of aryl methyl sites for hydroxylation is 1. The molecule has 0 saturated heterocycles. The number of benzene rings is 1. The van der Waals surface area contributed by atoms with E-state index in [0.717, 1.165) is 52.2 Å². The van der Waals surface area contributed by atoms with Gasteiger partial charge in [0.1, 0.15) is 5.75 Å². The molecule has 4 aromatic rings. The zero-order valence-corrected chi connectivity index (χ0v) is 16.0. The van der Waals surface area contributed by atoms with E-state index < -0.39 is 0 Å². The maximum Gasteiger partial charge on any atom is 0.189 e.